The Morgan fingerprint density at radius 1 is 1.10 bits per heavy atom. The van der Waals surface area contributed by atoms with E-state index in [2.05, 4.69) is 39.4 Å². The van der Waals surface area contributed by atoms with Crippen LogP contribution < -0.4 is 10.1 Å². The van der Waals surface area contributed by atoms with Gasteiger partial charge in [0, 0.05) is 51.9 Å². The van der Waals surface area contributed by atoms with Crippen molar-refractivity contribution in [3.63, 3.8) is 0 Å². The highest BCUT2D eigenvalue weighted by Crippen LogP contribution is 2.13. The molecule has 1 N–H and O–H groups in total. The van der Waals surface area contributed by atoms with Crippen molar-refractivity contribution in [2.24, 2.45) is 0 Å². The standard InChI is InChI=1S/C16H25N3O/c1-20-16-4-2-14(3-5-16)6-7-18-8-10-19(11-9-18)15-12-17-13-15/h2-5,15,17H,6-13H2,1H3. The summed E-state index contributed by atoms with van der Waals surface area (Å²) in [5.74, 6) is 0.941. The van der Waals surface area contributed by atoms with Gasteiger partial charge in [0.1, 0.15) is 5.75 Å². The molecular weight excluding hydrogens is 250 g/mol. The zero-order valence-electron chi connectivity index (χ0n) is 12.3. The number of nitrogens with zero attached hydrogens (tertiary/aromatic N) is 2. The van der Waals surface area contributed by atoms with E-state index in [1.165, 1.54) is 51.4 Å². The number of piperazine rings is 1. The number of methoxy groups -OCH3 is 1. The van der Waals surface area contributed by atoms with Crippen molar-refractivity contribution in [2.45, 2.75) is 12.5 Å². The summed E-state index contributed by atoms with van der Waals surface area (Å²) in [6.07, 6.45) is 1.13. The molecule has 0 aliphatic carbocycles. The van der Waals surface area contributed by atoms with Crippen LogP contribution in [0, 0.1) is 0 Å². The third kappa shape index (κ3) is 3.32. The van der Waals surface area contributed by atoms with Gasteiger partial charge in [-0.2, -0.15) is 0 Å². The van der Waals surface area contributed by atoms with Gasteiger partial charge >= 0.3 is 0 Å². The van der Waals surface area contributed by atoms with Crippen molar-refractivity contribution in [3.8, 4) is 5.75 Å². The van der Waals surface area contributed by atoms with Gasteiger partial charge in [0.2, 0.25) is 0 Å². The molecule has 0 saturated carbocycles. The van der Waals surface area contributed by atoms with E-state index in [1.54, 1.807) is 7.11 Å². The highest BCUT2D eigenvalue weighted by atomic mass is 16.5. The van der Waals surface area contributed by atoms with Crippen LogP contribution in [0.3, 0.4) is 0 Å². The van der Waals surface area contributed by atoms with E-state index in [0.29, 0.717) is 0 Å². The first kappa shape index (κ1) is 13.9. The van der Waals surface area contributed by atoms with Gasteiger partial charge in [-0.1, -0.05) is 12.1 Å². The monoisotopic (exact) mass is 275 g/mol. The molecule has 2 aliphatic heterocycles. The van der Waals surface area contributed by atoms with Crippen molar-refractivity contribution in [1.82, 2.24) is 15.1 Å². The van der Waals surface area contributed by atoms with Gasteiger partial charge in [0.15, 0.2) is 0 Å². The molecule has 2 heterocycles. The van der Waals surface area contributed by atoms with Gasteiger partial charge in [-0.3, -0.25) is 4.90 Å². The Bertz CT molecular complexity index is 408. The lowest BCUT2D eigenvalue weighted by molar-refractivity contribution is 0.0734. The van der Waals surface area contributed by atoms with Gasteiger partial charge in [-0.15, -0.1) is 0 Å². The molecular formula is C16H25N3O. The summed E-state index contributed by atoms with van der Waals surface area (Å²) in [5.41, 5.74) is 1.40. The summed E-state index contributed by atoms with van der Waals surface area (Å²) in [4.78, 5) is 5.23. The summed E-state index contributed by atoms with van der Waals surface area (Å²) < 4.78 is 5.19. The lowest BCUT2D eigenvalue weighted by Gasteiger charge is -2.43. The Kier molecular flexibility index (Phi) is 4.55. The van der Waals surface area contributed by atoms with Gasteiger partial charge in [-0.05, 0) is 24.1 Å². The van der Waals surface area contributed by atoms with Crippen molar-refractivity contribution >= 4 is 0 Å². The normalized spacial score (nSPS) is 21.6. The molecule has 3 rings (SSSR count). The highest BCUT2D eigenvalue weighted by Gasteiger charge is 2.27. The number of ether oxygens (including phenoxy) is 1. The lowest BCUT2D eigenvalue weighted by atomic mass is 10.1. The largest absolute Gasteiger partial charge is 0.497 e. The van der Waals surface area contributed by atoms with Crippen molar-refractivity contribution < 1.29 is 4.74 Å². The van der Waals surface area contributed by atoms with Crippen LogP contribution in [-0.2, 0) is 6.42 Å². The van der Waals surface area contributed by atoms with Crippen LogP contribution in [0.5, 0.6) is 5.75 Å². The van der Waals surface area contributed by atoms with Crippen LogP contribution in [-0.4, -0.2) is 68.8 Å². The molecule has 0 spiro atoms. The van der Waals surface area contributed by atoms with Crippen LogP contribution in [0.2, 0.25) is 0 Å². The minimum Gasteiger partial charge on any atom is -0.497 e. The molecule has 0 aromatic heterocycles. The Labute approximate surface area is 121 Å². The highest BCUT2D eigenvalue weighted by molar-refractivity contribution is 5.27. The van der Waals surface area contributed by atoms with E-state index >= 15 is 0 Å². The average Bonchev–Trinajstić information content (AvgIpc) is 2.45. The predicted octanol–water partition coefficient (Wildman–Crippen LogP) is 0.827. The zero-order chi connectivity index (χ0) is 13.8. The molecule has 20 heavy (non-hydrogen) atoms. The van der Waals surface area contributed by atoms with Crippen molar-refractivity contribution in [3.05, 3.63) is 29.8 Å². The molecule has 2 fully saturated rings. The van der Waals surface area contributed by atoms with Gasteiger partial charge < -0.3 is 15.0 Å². The maximum Gasteiger partial charge on any atom is 0.118 e. The average molecular weight is 275 g/mol. The first-order valence-electron chi connectivity index (χ1n) is 7.65. The Hall–Kier alpha value is -1.10. The van der Waals surface area contributed by atoms with E-state index in [-0.39, 0.29) is 0 Å². The first-order chi connectivity index (χ1) is 9.85. The maximum absolute atomic E-state index is 5.19. The second-order valence-corrected chi connectivity index (χ2v) is 5.79. The minimum absolute atomic E-state index is 0.804. The topological polar surface area (TPSA) is 27.7 Å². The summed E-state index contributed by atoms with van der Waals surface area (Å²) >= 11 is 0. The van der Waals surface area contributed by atoms with Crippen molar-refractivity contribution in [1.29, 1.82) is 0 Å². The third-order valence-electron chi connectivity index (χ3n) is 4.56. The summed E-state index contributed by atoms with van der Waals surface area (Å²) in [6.45, 7) is 8.43. The molecule has 1 aromatic carbocycles. The maximum atomic E-state index is 5.19. The van der Waals surface area contributed by atoms with Gasteiger partial charge in [-0.25, -0.2) is 0 Å². The number of hydrogen-bond donors (Lipinski definition) is 1. The fourth-order valence-electron chi connectivity index (χ4n) is 2.96. The Morgan fingerprint density at radius 3 is 2.35 bits per heavy atom. The molecule has 0 radical (unpaired) electrons. The molecule has 0 atom stereocenters. The molecule has 2 aliphatic rings. The molecule has 110 valence electrons. The van der Waals surface area contributed by atoms with E-state index in [0.717, 1.165) is 18.2 Å². The fraction of sp³-hybridized carbons (Fsp3) is 0.625. The molecule has 2 saturated heterocycles. The summed E-state index contributed by atoms with van der Waals surface area (Å²) in [5, 5.41) is 3.36. The van der Waals surface area contributed by atoms with Crippen LogP contribution in [0.4, 0.5) is 0 Å². The molecule has 0 amide bonds. The second-order valence-electron chi connectivity index (χ2n) is 5.79. The Morgan fingerprint density at radius 2 is 1.80 bits per heavy atom. The van der Waals surface area contributed by atoms with Crippen LogP contribution in [0.25, 0.3) is 0 Å². The van der Waals surface area contributed by atoms with E-state index in [9.17, 15) is 0 Å². The number of hydrogen-bond acceptors (Lipinski definition) is 4. The predicted molar refractivity (Wildman–Crippen MR) is 81.4 cm³/mol. The van der Waals surface area contributed by atoms with Crippen LogP contribution in [0.15, 0.2) is 24.3 Å². The molecule has 0 bridgehead atoms. The molecule has 1 aromatic rings. The zero-order valence-corrected chi connectivity index (χ0v) is 12.3. The smallest absolute Gasteiger partial charge is 0.118 e. The SMILES string of the molecule is COc1ccc(CCN2CCN(C3CNC3)CC2)cc1. The number of benzene rings is 1. The molecule has 4 heteroatoms. The minimum atomic E-state index is 0.804. The summed E-state index contributed by atoms with van der Waals surface area (Å²) in [6, 6.07) is 9.26. The van der Waals surface area contributed by atoms with Crippen molar-refractivity contribution in [2.75, 3.05) is 52.9 Å². The Balaban J connectivity index is 1.40. The van der Waals surface area contributed by atoms with E-state index in [1.807, 2.05) is 0 Å². The van der Waals surface area contributed by atoms with E-state index in [4.69, 9.17) is 4.74 Å². The number of nitrogens with one attached hydrogen (secondary N) is 1. The molecule has 0 unspecified atom stereocenters. The summed E-state index contributed by atoms with van der Waals surface area (Å²) in [7, 11) is 1.71. The number of rotatable bonds is 5. The van der Waals surface area contributed by atoms with Gasteiger partial charge in [0.25, 0.3) is 0 Å². The van der Waals surface area contributed by atoms with Gasteiger partial charge in [0.05, 0.1) is 7.11 Å². The van der Waals surface area contributed by atoms with E-state index < -0.39 is 0 Å². The van der Waals surface area contributed by atoms with Crippen LogP contribution in [0.1, 0.15) is 5.56 Å². The lowest BCUT2D eigenvalue weighted by Crippen LogP contribution is -2.61. The molecule has 4 nitrogen and oxygen atoms in total. The van der Waals surface area contributed by atoms with Crippen LogP contribution >= 0.6 is 0 Å². The first-order valence-corrected chi connectivity index (χ1v) is 7.65. The fourth-order valence-corrected chi connectivity index (χ4v) is 2.96. The quantitative estimate of drug-likeness (QED) is 0.861. The third-order valence-corrected chi connectivity index (χ3v) is 4.56. The second kappa shape index (κ2) is 6.57.